The molecule has 0 aromatic heterocycles. The monoisotopic (exact) mass is 167 g/mol. The van der Waals surface area contributed by atoms with Crippen LogP contribution in [0.3, 0.4) is 0 Å². The number of aliphatic imine (C=N–C) groups is 1. The molecule has 1 heterocycles. The highest BCUT2D eigenvalue weighted by molar-refractivity contribution is 8.36. The maximum atomic E-state index is 5.14. The Balaban J connectivity index is 2.70. The largest absolute Gasteiger partial charge is 0.248 e. The number of benzene rings is 1. The lowest BCUT2D eigenvalue weighted by Crippen LogP contribution is -1.80. The molecule has 0 radical (unpaired) electrons. The lowest BCUT2D eigenvalue weighted by Gasteiger charge is -1.93. The van der Waals surface area contributed by atoms with Gasteiger partial charge in [-0.15, -0.1) is 0 Å². The highest BCUT2D eigenvalue weighted by atomic mass is 32.8. The van der Waals surface area contributed by atoms with Crippen molar-refractivity contribution in [1.82, 2.24) is 0 Å². The van der Waals surface area contributed by atoms with E-state index in [1.807, 2.05) is 29.8 Å². The number of rotatable bonds is 0. The molecular weight excluding hydrogens is 162 g/mol. The minimum Gasteiger partial charge on any atom is -0.248 e. The molecule has 1 unspecified atom stereocenters. The normalized spacial score (nSPS) is 21.0. The molecule has 0 saturated heterocycles. The zero-order valence-corrected chi connectivity index (χ0v) is 6.78. The van der Waals surface area contributed by atoms with E-state index in [4.69, 9.17) is 11.2 Å². The van der Waals surface area contributed by atoms with Crippen LogP contribution < -0.4 is 0 Å². The molecule has 0 amide bonds. The second-order valence-corrected chi connectivity index (χ2v) is 4.32. The van der Waals surface area contributed by atoms with Crippen LogP contribution in [0.25, 0.3) is 0 Å². The predicted octanol–water partition coefficient (Wildman–Crippen LogP) is 1.80. The highest BCUT2D eigenvalue weighted by Gasteiger charge is 2.07. The average Bonchev–Trinajstić information content (AvgIpc) is 2.34. The van der Waals surface area contributed by atoms with Gasteiger partial charge in [-0.05, 0) is 32.8 Å². The smallest absolute Gasteiger partial charge is 0.0778 e. The van der Waals surface area contributed by atoms with Gasteiger partial charge in [0.25, 0.3) is 0 Å². The summed E-state index contributed by atoms with van der Waals surface area (Å²) in [5.41, 5.74) is 2.88. The zero-order chi connectivity index (χ0) is 6.97. The number of nitrogens with zero attached hydrogens (tertiary/aromatic N) is 1. The Morgan fingerprint density at radius 1 is 1.30 bits per heavy atom. The van der Waals surface area contributed by atoms with Gasteiger partial charge in [-0.25, -0.2) is 4.99 Å². The molecule has 10 heavy (non-hydrogen) atoms. The zero-order valence-electron chi connectivity index (χ0n) is 5.15. The van der Waals surface area contributed by atoms with Gasteiger partial charge in [0.05, 0.1) is 11.2 Å². The van der Waals surface area contributed by atoms with Gasteiger partial charge in [0.15, 0.2) is 0 Å². The molecule has 0 N–H and O–H groups in total. The topological polar surface area (TPSA) is 12.4 Å². The van der Waals surface area contributed by atoms with Crippen molar-refractivity contribution in [3.05, 3.63) is 24.3 Å². The lowest BCUT2D eigenvalue weighted by atomic mass is 10.3. The Bertz CT molecular complexity index is 317. The Morgan fingerprint density at radius 3 is 2.90 bits per heavy atom. The van der Waals surface area contributed by atoms with E-state index in [0.29, 0.717) is 0 Å². The molecule has 1 nitrogen and oxygen atoms in total. The van der Waals surface area contributed by atoms with Crippen LogP contribution in [0, 0.1) is 0 Å². The van der Waals surface area contributed by atoms with Crippen molar-refractivity contribution in [2.24, 2.45) is 4.99 Å². The molecule has 0 saturated carbocycles. The van der Waals surface area contributed by atoms with Gasteiger partial charge >= 0.3 is 0 Å². The summed E-state index contributed by atoms with van der Waals surface area (Å²) in [5.74, 6) is 0. The lowest BCUT2D eigenvalue weighted by molar-refractivity contribution is 1.41. The highest BCUT2D eigenvalue weighted by Crippen LogP contribution is 2.26. The maximum absolute atomic E-state index is 5.14. The quantitative estimate of drug-likeness (QED) is 0.574. The number of fused-ring (bicyclic) bond motifs is 1. The second kappa shape index (κ2) is 2.25. The first-order valence-electron chi connectivity index (χ1n) is 2.92. The summed E-state index contributed by atoms with van der Waals surface area (Å²) in [6.45, 7) is 0. The summed E-state index contributed by atoms with van der Waals surface area (Å²) in [6.07, 6.45) is 0. The molecule has 1 aromatic carbocycles. The Hall–Kier alpha value is -0.540. The van der Waals surface area contributed by atoms with E-state index in [9.17, 15) is 0 Å². The van der Waals surface area contributed by atoms with Gasteiger partial charge in [0.1, 0.15) is 0 Å². The van der Waals surface area contributed by atoms with Crippen LogP contribution in [0.2, 0.25) is 0 Å². The van der Waals surface area contributed by atoms with Gasteiger partial charge in [-0.2, -0.15) is 0 Å². The Morgan fingerprint density at radius 2 is 2.10 bits per heavy atom. The van der Waals surface area contributed by atoms with Crippen molar-refractivity contribution in [2.75, 3.05) is 0 Å². The van der Waals surface area contributed by atoms with Crippen molar-refractivity contribution in [3.8, 4) is 0 Å². The summed E-state index contributed by atoms with van der Waals surface area (Å²) in [6, 6.07) is 8.01. The van der Waals surface area contributed by atoms with Crippen LogP contribution >= 0.6 is 0 Å². The van der Waals surface area contributed by atoms with Crippen LogP contribution in [0.5, 0.6) is 0 Å². The molecule has 2 rings (SSSR count). The summed E-state index contributed by atoms with van der Waals surface area (Å²) in [7, 11) is -0.156. The fraction of sp³-hybridized carbons (Fsp3) is 0. The fourth-order valence-corrected chi connectivity index (χ4v) is 2.31. The summed E-state index contributed by atoms with van der Waals surface area (Å²) in [4.78, 5) is 5.36. The van der Waals surface area contributed by atoms with E-state index in [1.54, 1.807) is 0 Å². The van der Waals surface area contributed by atoms with Crippen molar-refractivity contribution < 1.29 is 0 Å². The van der Waals surface area contributed by atoms with E-state index in [0.717, 1.165) is 5.69 Å². The molecule has 1 aromatic rings. The van der Waals surface area contributed by atoms with E-state index in [1.165, 1.54) is 4.90 Å². The molecule has 0 bridgehead atoms. The fourth-order valence-electron chi connectivity index (χ4n) is 0.895. The SMILES string of the molecule is S=S1C=Nc2ccccc21. The molecule has 1 atom stereocenters. The number of hydrogen-bond acceptors (Lipinski definition) is 2. The Labute approximate surface area is 66.4 Å². The predicted molar refractivity (Wildman–Crippen MR) is 47.6 cm³/mol. The molecule has 0 fully saturated rings. The van der Waals surface area contributed by atoms with E-state index in [-0.39, 0.29) is 9.45 Å². The van der Waals surface area contributed by atoms with Gasteiger partial charge in [-0.1, -0.05) is 12.1 Å². The van der Waals surface area contributed by atoms with Crippen molar-refractivity contribution in [3.63, 3.8) is 0 Å². The standard InChI is InChI=1S/C7H5NS2/c9-10-5-8-6-3-1-2-4-7(6)10/h1-5H. The van der Waals surface area contributed by atoms with Gasteiger partial charge in [-0.3, -0.25) is 0 Å². The van der Waals surface area contributed by atoms with Gasteiger partial charge in [0, 0.05) is 4.90 Å². The van der Waals surface area contributed by atoms with Crippen LogP contribution in [0.1, 0.15) is 0 Å². The van der Waals surface area contributed by atoms with Crippen molar-refractivity contribution in [1.29, 1.82) is 0 Å². The van der Waals surface area contributed by atoms with E-state index < -0.39 is 0 Å². The molecule has 50 valence electrons. The number of para-hydroxylation sites is 1. The van der Waals surface area contributed by atoms with Gasteiger partial charge in [0.2, 0.25) is 0 Å². The molecule has 0 aliphatic carbocycles. The van der Waals surface area contributed by atoms with E-state index >= 15 is 0 Å². The minimum absolute atomic E-state index is 0.156. The molecule has 1 aliphatic rings. The van der Waals surface area contributed by atoms with Crippen molar-refractivity contribution in [2.45, 2.75) is 4.90 Å². The summed E-state index contributed by atoms with van der Waals surface area (Å²) < 4.78 is 0. The molecule has 0 spiro atoms. The molecular formula is C7H5NS2. The third-order valence-electron chi connectivity index (χ3n) is 1.37. The summed E-state index contributed by atoms with van der Waals surface area (Å²) >= 11 is 5.14. The first kappa shape index (κ1) is 6.19. The van der Waals surface area contributed by atoms with Crippen LogP contribution in [0.15, 0.2) is 34.2 Å². The molecule has 3 heteroatoms. The first-order chi connectivity index (χ1) is 4.88. The molecule has 1 aliphatic heterocycles. The van der Waals surface area contributed by atoms with Crippen LogP contribution in [-0.4, -0.2) is 5.55 Å². The van der Waals surface area contributed by atoms with E-state index in [2.05, 4.69) is 4.99 Å². The maximum Gasteiger partial charge on any atom is 0.0778 e. The van der Waals surface area contributed by atoms with Crippen LogP contribution in [-0.2, 0) is 20.6 Å². The van der Waals surface area contributed by atoms with Crippen molar-refractivity contribution >= 4 is 31.9 Å². The minimum atomic E-state index is -0.156. The first-order valence-corrected chi connectivity index (χ1v) is 5.13. The summed E-state index contributed by atoms with van der Waals surface area (Å²) in [5, 5.41) is 0. The third-order valence-corrected chi connectivity index (χ3v) is 3.24. The second-order valence-electron chi connectivity index (χ2n) is 2.00. The Kier molecular flexibility index (Phi) is 1.39. The third kappa shape index (κ3) is 0.822. The average molecular weight is 167 g/mol. The van der Waals surface area contributed by atoms with Crippen LogP contribution in [0.4, 0.5) is 5.69 Å². The van der Waals surface area contributed by atoms with Gasteiger partial charge < -0.3 is 0 Å². The number of hydrogen-bond donors (Lipinski definition) is 0.